The molecule has 1 N–H and O–H groups in total. The van der Waals surface area contributed by atoms with Crippen LogP contribution in [0.5, 0.6) is 0 Å². The average Bonchev–Trinajstić information content (AvgIpc) is 2.64. The maximum absolute atomic E-state index is 11.4. The van der Waals surface area contributed by atoms with Crippen molar-refractivity contribution in [2.45, 2.75) is 13.3 Å². The van der Waals surface area contributed by atoms with Crippen molar-refractivity contribution in [2.24, 2.45) is 0 Å². The number of nitrogens with one attached hydrogen (secondary N) is 1. The molecule has 1 amide bonds. The number of hydrogen-bond donors (Lipinski definition) is 1. The maximum atomic E-state index is 11.4. The lowest BCUT2D eigenvalue weighted by Crippen LogP contribution is -2.48. The van der Waals surface area contributed by atoms with Crippen LogP contribution >= 0.6 is 11.6 Å². The van der Waals surface area contributed by atoms with E-state index in [-0.39, 0.29) is 5.91 Å². The Labute approximate surface area is 152 Å². The van der Waals surface area contributed by atoms with Gasteiger partial charge in [0.2, 0.25) is 11.9 Å². The highest BCUT2D eigenvalue weighted by Crippen LogP contribution is 2.13. The molecule has 1 aliphatic heterocycles. The van der Waals surface area contributed by atoms with Gasteiger partial charge in [0, 0.05) is 44.7 Å². The zero-order valence-corrected chi connectivity index (χ0v) is 14.9. The smallest absolute Gasteiger partial charge is 0.247 e. The van der Waals surface area contributed by atoms with E-state index in [0.29, 0.717) is 24.9 Å². The summed E-state index contributed by atoms with van der Waals surface area (Å²) in [5.41, 5.74) is 1.21. The number of carbonyl (C=O) groups is 1. The number of anilines is 2. The normalized spacial score (nSPS) is 14.5. The van der Waals surface area contributed by atoms with Crippen molar-refractivity contribution in [2.75, 3.05) is 42.9 Å². The predicted octanol–water partition coefficient (Wildman–Crippen LogP) is 1.85. The third kappa shape index (κ3) is 4.79. The topological polar surface area (TPSA) is 74.2 Å². The van der Waals surface area contributed by atoms with Crippen LogP contribution in [0.15, 0.2) is 30.5 Å². The van der Waals surface area contributed by atoms with Crippen molar-refractivity contribution < 1.29 is 4.79 Å². The van der Waals surface area contributed by atoms with Crippen molar-refractivity contribution in [3.8, 4) is 0 Å². The first-order valence-electron chi connectivity index (χ1n) is 8.30. The third-order valence-electron chi connectivity index (χ3n) is 4.19. The first-order valence-corrected chi connectivity index (χ1v) is 8.68. The highest BCUT2D eigenvalue weighted by atomic mass is 35.5. The number of nitrogens with zero attached hydrogens (tertiary/aromatic N) is 5. The summed E-state index contributed by atoms with van der Waals surface area (Å²) in [5.74, 6) is 1.41. The summed E-state index contributed by atoms with van der Waals surface area (Å²) < 4.78 is 0. The van der Waals surface area contributed by atoms with Crippen molar-refractivity contribution in [1.29, 1.82) is 0 Å². The van der Waals surface area contributed by atoms with Gasteiger partial charge < -0.3 is 15.1 Å². The molecule has 0 aliphatic carbocycles. The van der Waals surface area contributed by atoms with Crippen LogP contribution in [-0.2, 0) is 11.2 Å². The summed E-state index contributed by atoms with van der Waals surface area (Å²) in [6, 6.07) is 7.81. The van der Waals surface area contributed by atoms with Gasteiger partial charge in [-0.3, -0.25) is 4.79 Å². The van der Waals surface area contributed by atoms with Gasteiger partial charge in [0.05, 0.1) is 6.20 Å². The number of piperazine rings is 1. The van der Waals surface area contributed by atoms with Crippen LogP contribution in [0.25, 0.3) is 0 Å². The predicted molar refractivity (Wildman–Crippen MR) is 97.9 cm³/mol. The molecule has 0 bridgehead atoms. The molecule has 25 heavy (non-hydrogen) atoms. The van der Waals surface area contributed by atoms with Crippen molar-refractivity contribution in [1.82, 2.24) is 20.1 Å². The highest BCUT2D eigenvalue weighted by molar-refractivity contribution is 6.30. The number of amides is 1. The second-order valence-electron chi connectivity index (χ2n) is 5.94. The third-order valence-corrected chi connectivity index (χ3v) is 4.44. The minimum Gasteiger partial charge on any atom is -0.368 e. The van der Waals surface area contributed by atoms with Gasteiger partial charge in [-0.25, -0.2) is 0 Å². The van der Waals surface area contributed by atoms with Gasteiger partial charge in [0.15, 0.2) is 5.82 Å². The second-order valence-corrected chi connectivity index (χ2v) is 6.37. The number of halogens is 1. The highest BCUT2D eigenvalue weighted by Gasteiger charge is 2.20. The molecule has 3 rings (SSSR count). The minimum atomic E-state index is 0.108. The maximum Gasteiger partial charge on any atom is 0.247 e. The Morgan fingerprint density at radius 3 is 2.60 bits per heavy atom. The molecular weight excluding hydrogens is 340 g/mol. The molecule has 0 saturated carbocycles. The van der Waals surface area contributed by atoms with Crippen LogP contribution in [-0.4, -0.2) is 58.7 Å². The Kier molecular flexibility index (Phi) is 5.65. The van der Waals surface area contributed by atoms with Crippen LogP contribution in [0.1, 0.15) is 12.5 Å². The molecule has 0 atom stereocenters. The van der Waals surface area contributed by atoms with Crippen LogP contribution in [0, 0.1) is 0 Å². The summed E-state index contributed by atoms with van der Waals surface area (Å²) in [4.78, 5) is 19.8. The molecule has 1 fully saturated rings. The Balaban J connectivity index is 1.53. The fraction of sp³-hybridized carbons (Fsp3) is 0.412. The molecule has 2 aromatic rings. The molecule has 1 aromatic heterocycles. The molecule has 1 saturated heterocycles. The number of carbonyl (C=O) groups excluding carboxylic acids is 1. The number of benzene rings is 1. The van der Waals surface area contributed by atoms with Crippen molar-refractivity contribution >= 4 is 29.3 Å². The fourth-order valence-corrected chi connectivity index (χ4v) is 2.85. The van der Waals surface area contributed by atoms with Gasteiger partial charge in [-0.2, -0.15) is 10.1 Å². The van der Waals surface area contributed by atoms with E-state index in [1.54, 1.807) is 13.1 Å². The standard InChI is InChI=1S/C17H21ClN6O/c1-13(25)23-8-10-24(11-9-23)17-21-16(12-20-22-17)19-7-6-14-2-4-15(18)5-3-14/h2-5,12H,6-11H2,1H3,(H,19,21,22). The van der Waals surface area contributed by atoms with E-state index >= 15 is 0 Å². The lowest BCUT2D eigenvalue weighted by molar-refractivity contribution is -0.129. The number of rotatable bonds is 5. The molecule has 132 valence electrons. The van der Waals surface area contributed by atoms with Crippen LogP contribution in [0.4, 0.5) is 11.8 Å². The Hall–Kier alpha value is -2.41. The summed E-state index contributed by atoms with van der Waals surface area (Å²) in [5, 5.41) is 12.2. The Bertz CT molecular complexity index is 715. The van der Waals surface area contributed by atoms with E-state index in [1.165, 1.54) is 5.56 Å². The van der Waals surface area contributed by atoms with E-state index < -0.39 is 0 Å². The number of hydrogen-bond acceptors (Lipinski definition) is 6. The molecule has 2 heterocycles. The largest absolute Gasteiger partial charge is 0.368 e. The first kappa shape index (κ1) is 17.4. The average molecular weight is 361 g/mol. The summed E-state index contributed by atoms with van der Waals surface area (Å²) in [7, 11) is 0. The van der Waals surface area contributed by atoms with Gasteiger partial charge in [-0.1, -0.05) is 23.7 Å². The molecule has 1 aromatic carbocycles. The monoisotopic (exact) mass is 360 g/mol. The zero-order valence-electron chi connectivity index (χ0n) is 14.2. The molecule has 7 nitrogen and oxygen atoms in total. The Morgan fingerprint density at radius 2 is 1.92 bits per heavy atom. The number of aromatic nitrogens is 3. The van der Waals surface area contributed by atoms with Gasteiger partial charge >= 0.3 is 0 Å². The fourth-order valence-electron chi connectivity index (χ4n) is 2.72. The molecule has 0 spiro atoms. The van der Waals surface area contributed by atoms with Crippen LogP contribution in [0.3, 0.4) is 0 Å². The summed E-state index contributed by atoms with van der Waals surface area (Å²) >= 11 is 5.89. The first-order chi connectivity index (χ1) is 12.1. The lowest BCUT2D eigenvalue weighted by Gasteiger charge is -2.33. The van der Waals surface area contributed by atoms with E-state index in [2.05, 4.69) is 25.4 Å². The van der Waals surface area contributed by atoms with Crippen LogP contribution < -0.4 is 10.2 Å². The quantitative estimate of drug-likeness (QED) is 0.877. The molecular formula is C17H21ClN6O. The van der Waals surface area contributed by atoms with Gasteiger partial charge in [-0.15, -0.1) is 5.10 Å². The van der Waals surface area contributed by atoms with E-state index in [0.717, 1.165) is 31.1 Å². The Morgan fingerprint density at radius 1 is 1.20 bits per heavy atom. The van der Waals surface area contributed by atoms with E-state index in [9.17, 15) is 4.79 Å². The SMILES string of the molecule is CC(=O)N1CCN(c2nncc(NCCc3ccc(Cl)cc3)n2)CC1. The lowest BCUT2D eigenvalue weighted by atomic mass is 10.1. The minimum absolute atomic E-state index is 0.108. The van der Waals surface area contributed by atoms with Crippen molar-refractivity contribution in [3.05, 3.63) is 41.0 Å². The summed E-state index contributed by atoms with van der Waals surface area (Å²) in [6.07, 6.45) is 2.49. The summed E-state index contributed by atoms with van der Waals surface area (Å²) in [6.45, 7) is 5.15. The van der Waals surface area contributed by atoms with Gasteiger partial charge in [0.25, 0.3) is 0 Å². The van der Waals surface area contributed by atoms with Gasteiger partial charge in [0.1, 0.15) is 0 Å². The van der Waals surface area contributed by atoms with E-state index in [4.69, 9.17) is 11.6 Å². The zero-order chi connectivity index (χ0) is 17.6. The van der Waals surface area contributed by atoms with E-state index in [1.807, 2.05) is 29.2 Å². The molecule has 0 unspecified atom stereocenters. The second kappa shape index (κ2) is 8.11. The molecule has 8 heteroatoms. The van der Waals surface area contributed by atoms with Crippen LogP contribution in [0.2, 0.25) is 5.02 Å². The molecule has 1 aliphatic rings. The molecule has 0 radical (unpaired) electrons. The van der Waals surface area contributed by atoms with Gasteiger partial charge in [-0.05, 0) is 24.1 Å². The van der Waals surface area contributed by atoms with Crippen molar-refractivity contribution in [3.63, 3.8) is 0 Å².